The van der Waals surface area contributed by atoms with Gasteiger partial charge in [0.1, 0.15) is 11.6 Å². The number of aliphatic carboxylic acids is 1. The van der Waals surface area contributed by atoms with Gasteiger partial charge >= 0.3 is 5.97 Å². The van der Waals surface area contributed by atoms with Gasteiger partial charge in [-0.15, -0.1) is 12.4 Å². The zero-order chi connectivity index (χ0) is 25.5. The number of carboxylic acids is 1. The van der Waals surface area contributed by atoms with Gasteiger partial charge in [-0.3, -0.25) is 14.5 Å². The number of rotatable bonds is 7. The van der Waals surface area contributed by atoms with Crippen LogP contribution in [0.25, 0.3) is 0 Å². The minimum atomic E-state index is -1.14. The molecule has 1 saturated carbocycles. The molecule has 2 N–H and O–H groups in total. The first-order chi connectivity index (χ1) is 17.4. The van der Waals surface area contributed by atoms with E-state index in [4.69, 9.17) is 5.11 Å². The Morgan fingerprint density at radius 1 is 1.11 bits per heavy atom. The van der Waals surface area contributed by atoms with Gasteiger partial charge in [-0.05, 0) is 49.3 Å². The third-order valence-electron chi connectivity index (χ3n) is 8.19. The average molecular weight is 530 g/mol. The first-order valence-corrected chi connectivity index (χ1v) is 13.6. The molecule has 4 rings (SSSR count). The molecule has 0 radical (unpaired) electrons. The van der Waals surface area contributed by atoms with Crippen LogP contribution in [-0.4, -0.2) is 63.9 Å². The van der Waals surface area contributed by atoms with Gasteiger partial charge in [0.25, 0.3) is 0 Å². The normalized spacial score (nSPS) is 22.1. The number of carboxylic acid groups (broad SMARTS) is 1. The second kappa shape index (κ2) is 13.3. The van der Waals surface area contributed by atoms with Gasteiger partial charge in [-0.2, -0.15) is 0 Å². The number of halogens is 1. The molecule has 1 aromatic carbocycles. The quantitative estimate of drug-likeness (QED) is 0.521. The molecule has 2 saturated heterocycles. The first-order valence-electron chi connectivity index (χ1n) is 13.6. The summed E-state index contributed by atoms with van der Waals surface area (Å²) < 4.78 is 0. The Bertz CT molecular complexity index is 1000. The number of nitrogens with one attached hydrogen (secondary N) is 1. The molecular weight excluding hydrogens is 490 g/mol. The molecule has 0 unspecified atom stereocenters. The fourth-order valence-corrected chi connectivity index (χ4v) is 6.09. The number of nitrogens with zero attached hydrogens (tertiary/aromatic N) is 2. The minimum absolute atomic E-state index is 0. The lowest BCUT2D eigenvalue weighted by atomic mass is 9.79. The fourth-order valence-electron chi connectivity index (χ4n) is 6.09. The second-order valence-electron chi connectivity index (χ2n) is 10.7. The molecule has 37 heavy (non-hydrogen) atoms. The van der Waals surface area contributed by atoms with Crippen molar-refractivity contribution >= 4 is 30.2 Å². The Labute approximate surface area is 226 Å². The van der Waals surface area contributed by atoms with Gasteiger partial charge in [0.2, 0.25) is 11.8 Å². The summed E-state index contributed by atoms with van der Waals surface area (Å²) in [7, 11) is 0. The number of benzene rings is 1. The molecule has 2 amide bonds. The maximum Gasteiger partial charge on any atom is 0.382 e. The highest BCUT2D eigenvalue weighted by Gasteiger charge is 2.53. The molecule has 2 aliphatic heterocycles. The largest absolute Gasteiger partial charge is 0.472 e. The van der Waals surface area contributed by atoms with Gasteiger partial charge in [0, 0.05) is 37.7 Å². The van der Waals surface area contributed by atoms with E-state index in [2.05, 4.69) is 29.0 Å². The number of unbranched alkanes of at least 4 members (excludes halogenated alkanes) is 1. The highest BCUT2D eigenvalue weighted by Crippen LogP contribution is 2.36. The van der Waals surface area contributed by atoms with Crippen LogP contribution in [0.5, 0.6) is 0 Å². The third-order valence-corrected chi connectivity index (χ3v) is 8.19. The van der Waals surface area contributed by atoms with E-state index in [0.717, 1.165) is 44.5 Å². The summed E-state index contributed by atoms with van der Waals surface area (Å²) in [6.07, 6.45) is 10.1. The van der Waals surface area contributed by atoms with Crippen LogP contribution in [0.15, 0.2) is 24.3 Å². The Morgan fingerprint density at radius 2 is 1.78 bits per heavy atom. The molecule has 202 valence electrons. The molecule has 1 atom stereocenters. The van der Waals surface area contributed by atoms with Crippen molar-refractivity contribution in [3.05, 3.63) is 35.4 Å². The number of hydrogen-bond donors (Lipinski definition) is 2. The molecule has 1 spiro atoms. The summed E-state index contributed by atoms with van der Waals surface area (Å²) in [5.41, 5.74) is 1.05. The van der Waals surface area contributed by atoms with Crippen LogP contribution < -0.4 is 5.32 Å². The van der Waals surface area contributed by atoms with Gasteiger partial charge < -0.3 is 15.3 Å². The number of amides is 2. The van der Waals surface area contributed by atoms with Crippen LogP contribution in [0.3, 0.4) is 0 Å². The third kappa shape index (κ3) is 7.06. The van der Waals surface area contributed by atoms with Crippen LogP contribution in [-0.2, 0) is 20.9 Å². The van der Waals surface area contributed by atoms with Crippen LogP contribution in [0.2, 0.25) is 0 Å². The number of piperazine rings is 1. The van der Waals surface area contributed by atoms with E-state index in [-0.39, 0.29) is 30.3 Å². The molecule has 0 aromatic heterocycles. The SMILES string of the molecule is CCCCN1C(=O)[C@H](CC2CCCCC2)NC(=O)C12CCN(Cc1ccc(C#CC(=O)O)cc1)CC2.Cl. The van der Waals surface area contributed by atoms with Crippen molar-refractivity contribution in [1.29, 1.82) is 0 Å². The number of carbonyl (C=O) groups excluding carboxylic acids is 2. The van der Waals surface area contributed by atoms with Crippen LogP contribution in [0.1, 0.15) is 82.3 Å². The van der Waals surface area contributed by atoms with E-state index in [1.807, 2.05) is 29.2 Å². The molecule has 1 aromatic rings. The Kier molecular flexibility index (Phi) is 10.4. The lowest BCUT2D eigenvalue weighted by Crippen LogP contribution is -2.73. The predicted molar refractivity (Wildman–Crippen MR) is 145 cm³/mol. The van der Waals surface area contributed by atoms with Gasteiger partial charge in [0.05, 0.1) is 0 Å². The molecule has 7 nitrogen and oxygen atoms in total. The molecule has 2 heterocycles. The topological polar surface area (TPSA) is 90.0 Å². The molecule has 1 aliphatic carbocycles. The van der Waals surface area contributed by atoms with Crippen molar-refractivity contribution in [2.75, 3.05) is 19.6 Å². The minimum Gasteiger partial charge on any atom is -0.472 e. The maximum absolute atomic E-state index is 13.7. The van der Waals surface area contributed by atoms with Gasteiger partial charge in [-0.25, -0.2) is 4.79 Å². The first kappa shape index (κ1) is 29.0. The monoisotopic (exact) mass is 529 g/mol. The van der Waals surface area contributed by atoms with Crippen molar-refractivity contribution in [3.63, 3.8) is 0 Å². The Morgan fingerprint density at radius 3 is 2.41 bits per heavy atom. The smallest absolute Gasteiger partial charge is 0.382 e. The Balaban J connectivity index is 0.00000380. The van der Waals surface area contributed by atoms with E-state index in [1.54, 1.807) is 0 Å². The molecule has 3 aliphatic rings. The van der Waals surface area contributed by atoms with Crippen molar-refractivity contribution < 1.29 is 19.5 Å². The summed E-state index contributed by atoms with van der Waals surface area (Å²) in [6.45, 7) is 5.02. The van der Waals surface area contributed by atoms with Crippen LogP contribution in [0.4, 0.5) is 0 Å². The van der Waals surface area contributed by atoms with E-state index < -0.39 is 11.5 Å². The van der Waals surface area contributed by atoms with E-state index >= 15 is 0 Å². The lowest BCUT2D eigenvalue weighted by Gasteiger charge is -2.52. The van der Waals surface area contributed by atoms with Crippen LogP contribution >= 0.6 is 12.4 Å². The second-order valence-corrected chi connectivity index (χ2v) is 10.7. The van der Waals surface area contributed by atoms with Crippen molar-refractivity contribution in [3.8, 4) is 11.8 Å². The number of carbonyl (C=O) groups is 3. The molecule has 0 bridgehead atoms. The molecule has 8 heteroatoms. The number of piperidine rings is 1. The zero-order valence-corrected chi connectivity index (χ0v) is 22.7. The zero-order valence-electron chi connectivity index (χ0n) is 21.8. The predicted octanol–water partition coefficient (Wildman–Crippen LogP) is 3.98. The molecular formula is C29H40ClN3O4. The fraction of sp³-hybridized carbons (Fsp3) is 0.621. The lowest BCUT2D eigenvalue weighted by molar-refractivity contribution is -0.162. The Hall–Kier alpha value is -2.56. The average Bonchev–Trinajstić information content (AvgIpc) is 2.88. The number of hydrogen-bond acceptors (Lipinski definition) is 4. The summed E-state index contributed by atoms with van der Waals surface area (Å²) >= 11 is 0. The van der Waals surface area contributed by atoms with Crippen LogP contribution in [0, 0.1) is 17.8 Å². The maximum atomic E-state index is 13.7. The van der Waals surface area contributed by atoms with Gasteiger partial charge in [-0.1, -0.05) is 63.5 Å². The standard InChI is InChI=1S/C29H39N3O4.ClH/c1-2-3-17-32-27(35)25(20-23-7-5-4-6-8-23)30-28(36)29(32)15-18-31(19-16-29)21-24-11-9-22(10-12-24)13-14-26(33)34;/h9-12,23,25H,2-8,15-21H2,1H3,(H,30,36)(H,33,34);1H/t25-;/m0./s1. The van der Waals surface area contributed by atoms with Crippen molar-refractivity contribution in [1.82, 2.24) is 15.1 Å². The summed E-state index contributed by atoms with van der Waals surface area (Å²) in [4.78, 5) is 42.2. The summed E-state index contributed by atoms with van der Waals surface area (Å²) in [5, 5.41) is 11.9. The number of likely N-dealkylation sites (tertiary alicyclic amines) is 1. The van der Waals surface area contributed by atoms with Gasteiger partial charge in [0.15, 0.2) is 0 Å². The van der Waals surface area contributed by atoms with Crippen molar-refractivity contribution in [2.24, 2.45) is 5.92 Å². The summed E-state index contributed by atoms with van der Waals surface area (Å²) in [6, 6.07) is 7.24. The molecule has 3 fully saturated rings. The van der Waals surface area contributed by atoms with Crippen molar-refractivity contribution in [2.45, 2.75) is 89.3 Å². The van der Waals surface area contributed by atoms with E-state index in [1.165, 1.54) is 32.1 Å². The highest BCUT2D eigenvalue weighted by molar-refractivity contribution is 6.00. The van der Waals surface area contributed by atoms with E-state index in [0.29, 0.717) is 30.9 Å². The summed E-state index contributed by atoms with van der Waals surface area (Å²) in [5.74, 6) is 4.33. The highest BCUT2D eigenvalue weighted by atomic mass is 35.5. The van der Waals surface area contributed by atoms with E-state index in [9.17, 15) is 14.4 Å².